The SMILES string of the molecule is CCC(C)(C(=O)O)c1ccc(NC(=O)Nc2cccnc2Oc2ccccc2C(C)(C)C)cc1. The zero-order valence-electron chi connectivity index (χ0n) is 20.2. The molecule has 0 fully saturated rings. The number of carboxylic acids is 1. The second-order valence-electron chi connectivity index (χ2n) is 9.35. The molecule has 1 atom stereocenters. The minimum Gasteiger partial charge on any atom is -0.481 e. The number of carbonyl (C=O) groups is 2. The van der Waals surface area contributed by atoms with Crippen molar-refractivity contribution < 1.29 is 19.4 Å². The number of hydrogen-bond donors (Lipinski definition) is 3. The lowest BCUT2D eigenvalue weighted by molar-refractivity contribution is -0.143. The molecule has 34 heavy (non-hydrogen) atoms. The number of hydrogen-bond acceptors (Lipinski definition) is 4. The number of pyridine rings is 1. The van der Waals surface area contributed by atoms with Gasteiger partial charge in [0.05, 0.1) is 5.41 Å². The lowest BCUT2D eigenvalue weighted by Crippen LogP contribution is -2.31. The zero-order chi connectivity index (χ0) is 24.9. The fourth-order valence-electron chi connectivity index (χ4n) is 3.53. The van der Waals surface area contributed by atoms with E-state index in [2.05, 4.69) is 36.4 Å². The first-order valence-corrected chi connectivity index (χ1v) is 11.2. The predicted octanol–water partition coefficient (Wildman–Crippen LogP) is 6.57. The zero-order valence-corrected chi connectivity index (χ0v) is 20.2. The second-order valence-corrected chi connectivity index (χ2v) is 9.35. The van der Waals surface area contributed by atoms with Crippen LogP contribution in [0.1, 0.15) is 52.2 Å². The number of ether oxygens (including phenoxy) is 1. The molecule has 0 saturated heterocycles. The normalized spacial score (nSPS) is 13.0. The minimum atomic E-state index is -0.980. The summed E-state index contributed by atoms with van der Waals surface area (Å²) < 4.78 is 6.10. The first kappa shape index (κ1) is 24.8. The van der Waals surface area contributed by atoms with Crippen LogP contribution in [0.15, 0.2) is 66.9 Å². The summed E-state index contributed by atoms with van der Waals surface area (Å²) in [6, 6.07) is 17.5. The van der Waals surface area contributed by atoms with Crippen LogP contribution in [0.2, 0.25) is 0 Å². The molecule has 1 unspecified atom stereocenters. The quantitative estimate of drug-likeness (QED) is 0.369. The molecule has 7 heteroatoms. The number of carboxylic acid groups (broad SMARTS) is 1. The number of aliphatic carboxylic acids is 1. The molecule has 178 valence electrons. The molecule has 3 N–H and O–H groups in total. The molecule has 0 spiro atoms. The Labute approximate surface area is 200 Å². The molecule has 1 heterocycles. The van der Waals surface area contributed by atoms with Crippen molar-refractivity contribution in [3.8, 4) is 11.6 Å². The molecule has 0 aliphatic rings. The molecule has 3 rings (SSSR count). The predicted molar refractivity (Wildman–Crippen MR) is 134 cm³/mol. The third kappa shape index (κ3) is 5.54. The minimum absolute atomic E-state index is 0.128. The number of aromatic nitrogens is 1. The monoisotopic (exact) mass is 461 g/mol. The summed E-state index contributed by atoms with van der Waals surface area (Å²) in [4.78, 5) is 28.6. The largest absolute Gasteiger partial charge is 0.481 e. The summed E-state index contributed by atoms with van der Waals surface area (Å²) >= 11 is 0. The van der Waals surface area contributed by atoms with Crippen molar-refractivity contribution in [1.82, 2.24) is 4.98 Å². The molecule has 2 amide bonds. The Bertz CT molecular complexity index is 1170. The van der Waals surface area contributed by atoms with E-state index < -0.39 is 17.4 Å². The number of para-hydroxylation sites is 1. The molecule has 0 bridgehead atoms. The third-order valence-electron chi connectivity index (χ3n) is 5.88. The Balaban J connectivity index is 1.75. The maximum Gasteiger partial charge on any atom is 0.323 e. The Morgan fingerprint density at radius 2 is 1.62 bits per heavy atom. The summed E-state index contributed by atoms with van der Waals surface area (Å²) in [6.45, 7) is 9.83. The van der Waals surface area contributed by atoms with Gasteiger partial charge in [-0.1, -0.05) is 58.0 Å². The first-order valence-electron chi connectivity index (χ1n) is 11.2. The topological polar surface area (TPSA) is 101 Å². The second kappa shape index (κ2) is 9.95. The standard InChI is InChI=1S/C27H31N3O4/c1-6-27(5,24(31)32)18-13-15-19(16-14-18)29-25(33)30-21-11-9-17-28-23(21)34-22-12-8-7-10-20(22)26(2,3)4/h7-17H,6H2,1-5H3,(H,31,32)(H2,29,30,33). The number of carbonyl (C=O) groups excluding carboxylic acids is 1. The van der Waals surface area contributed by atoms with Crippen LogP contribution in [0, 0.1) is 0 Å². The maximum absolute atomic E-state index is 12.7. The van der Waals surface area contributed by atoms with Gasteiger partial charge in [-0.3, -0.25) is 4.79 Å². The van der Waals surface area contributed by atoms with Crippen molar-refractivity contribution in [2.24, 2.45) is 0 Å². The van der Waals surface area contributed by atoms with Crippen molar-refractivity contribution in [1.29, 1.82) is 0 Å². The molecular formula is C27H31N3O4. The summed E-state index contributed by atoms with van der Waals surface area (Å²) in [5.41, 5.74) is 1.55. The number of nitrogens with one attached hydrogen (secondary N) is 2. The van der Waals surface area contributed by atoms with Gasteiger partial charge in [0.25, 0.3) is 0 Å². The van der Waals surface area contributed by atoms with Crippen LogP contribution in [-0.2, 0) is 15.6 Å². The summed E-state index contributed by atoms with van der Waals surface area (Å²) in [7, 11) is 0. The van der Waals surface area contributed by atoms with E-state index in [1.165, 1.54) is 0 Å². The van der Waals surface area contributed by atoms with E-state index in [1.54, 1.807) is 49.5 Å². The maximum atomic E-state index is 12.7. The summed E-state index contributed by atoms with van der Waals surface area (Å²) in [5.74, 6) is 0.0700. The number of benzene rings is 2. The van der Waals surface area contributed by atoms with Crippen LogP contribution in [0.25, 0.3) is 0 Å². The van der Waals surface area contributed by atoms with Gasteiger partial charge in [-0.2, -0.15) is 0 Å². The van der Waals surface area contributed by atoms with Gasteiger partial charge in [-0.25, -0.2) is 9.78 Å². The third-order valence-corrected chi connectivity index (χ3v) is 5.88. The molecule has 0 radical (unpaired) electrons. The number of rotatable bonds is 7. The summed E-state index contributed by atoms with van der Waals surface area (Å²) in [5, 5.41) is 15.1. The average Bonchev–Trinajstić information content (AvgIpc) is 2.80. The van der Waals surface area contributed by atoms with E-state index in [4.69, 9.17) is 4.74 Å². The van der Waals surface area contributed by atoms with Crippen LogP contribution < -0.4 is 15.4 Å². The highest BCUT2D eigenvalue weighted by molar-refractivity contribution is 6.00. The van der Waals surface area contributed by atoms with Crippen molar-refractivity contribution in [2.45, 2.75) is 51.9 Å². The molecule has 1 aromatic heterocycles. The van der Waals surface area contributed by atoms with E-state index >= 15 is 0 Å². The molecule has 3 aromatic rings. The van der Waals surface area contributed by atoms with E-state index in [1.807, 2.05) is 31.2 Å². The summed E-state index contributed by atoms with van der Waals surface area (Å²) in [6.07, 6.45) is 2.06. The van der Waals surface area contributed by atoms with Crippen LogP contribution in [0.4, 0.5) is 16.2 Å². The number of nitrogens with zero attached hydrogens (tertiary/aromatic N) is 1. The molecule has 0 saturated carbocycles. The Morgan fingerprint density at radius 3 is 2.24 bits per heavy atom. The fourth-order valence-corrected chi connectivity index (χ4v) is 3.53. The highest BCUT2D eigenvalue weighted by Gasteiger charge is 2.33. The van der Waals surface area contributed by atoms with Gasteiger partial charge in [0.2, 0.25) is 5.88 Å². The van der Waals surface area contributed by atoms with Crippen LogP contribution in [0.3, 0.4) is 0 Å². The van der Waals surface area contributed by atoms with E-state index in [0.29, 0.717) is 29.1 Å². The van der Waals surface area contributed by atoms with Gasteiger partial charge in [0, 0.05) is 17.4 Å². The van der Waals surface area contributed by atoms with Gasteiger partial charge in [-0.15, -0.1) is 0 Å². The van der Waals surface area contributed by atoms with Gasteiger partial charge in [-0.05, 0) is 54.7 Å². The van der Waals surface area contributed by atoms with E-state index in [-0.39, 0.29) is 11.3 Å². The van der Waals surface area contributed by atoms with Crippen LogP contribution >= 0.6 is 0 Å². The Hall–Kier alpha value is -3.87. The Morgan fingerprint density at radius 1 is 0.941 bits per heavy atom. The van der Waals surface area contributed by atoms with Crippen molar-refractivity contribution in [3.05, 3.63) is 78.0 Å². The van der Waals surface area contributed by atoms with Gasteiger partial charge in [0.1, 0.15) is 11.4 Å². The number of amides is 2. The average molecular weight is 462 g/mol. The molecule has 2 aromatic carbocycles. The smallest absolute Gasteiger partial charge is 0.323 e. The Kier molecular flexibility index (Phi) is 7.25. The number of urea groups is 1. The molecule has 7 nitrogen and oxygen atoms in total. The van der Waals surface area contributed by atoms with Crippen LogP contribution in [0.5, 0.6) is 11.6 Å². The fraction of sp³-hybridized carbons (Fsp3) is 0.296. The van der Waals surface area contributed by atoms with E-state index in [0.717, 1.165) is 5.56 Å². The first-order chi connectivity index (χ1) is 16.0. The molecule has 0 aliphatic carbocycles. The lowest BCUT2D eigenvalue weighted by Gasteiger charge is -2.23. The highest BCUT2D eigenvalue weighted by atomic mass is 16.5. The van der Waals surface area contributed by atoms with Crippen LogP contribution in [-0.4, -0.2) is 22.1 Å². The van der Waals surface area contributed by atoms with Gasteiger partial charge < -0.3 is 20.5 Å². The van der Waals surface area contributed by atoms with Crippen molar-refractivity contribution >= 4 is 23.4 Å². The number of anilines is 2. The van der Waals surface area contributed by atoms with E-state index in [9.17, 15) is 14.7 Å². The van der Waals surface area contributed by atoms with Crippen molar-refractivity contribution in [2.75, 3.05) is 10.6 Å². The molecule has 0 aliphatic heterocycles. The molecular weight excluding hydrogens is 430 g/mol. The highest BCUT2D eigenvalue weighted by Crippen LogP contribution is 2.35. The van der Waals surface area contributed by atoms with Gasteiger partial charge in [0.15, 0.2) is 0 Å². The lowest BCUT2D eigenvalue weighted by atomic mass is 9.80. The van der Waals surface area contributed by atoms with Gasteiger partial charge >= 0.3 is 12.0 Å². The van der Waals surface area contributed by atoms with Crippen molar-refractivity contribution in [3.63, 3.8) is 0 Å².